The van der Waals surface area contributed by atoms with E-state index in [-0.39, 0.29) is 18.5 Å². The zero-order chi connectivity index (χ0) is 21.9. The molecule has 0 aromatic heterocycles. The summed E-state index contributed by atoms with van der Waals surface area (Å²) >= 11 is 6.17. The lowest BCUT2D eigenvalue weighted by molar-refractivity contribution is 0.137. The lowest BCUT2D eigenvalue weighted by atomic mass is 9.88. The van der Waals surface area contributed by atoms with Gasteiger partial charge >= 0.3 is 0 Å². The second kappa shape index (κ2) is 9.87. The Morgan fingerprint density at radius 1 is 1.16 bits per heavy atom. The van der Waals surface area contributed by atoms with E-state index >= 15 is 0 Å². The summed E-state index contributed by atoms with van der Waals surface area (Å²) in [5, 5.41) is 13.6. The number of hydrogen-bond donors (Lipinski definition) is 4. The molecule has 5 aliphatic rings. The van der Waals surface area contributed by atoms with Crippen LogP contribution in [0.15, 0.2) is 50.9 Å². The van der Waals surface area contributed by atoms with Crippen molar-refractivity contribution >= 4 is 17.8 Å². The number of piperidine rings is 1. The van der Waals surface area contributed by atoms with E-state index in [4.69, 9.17) is 11.6 Å². The first-order valence-corrected chi connectivity index (χ1v) is 12.5. The lowest BCUT2D eigenvalue weighted by Crippen LogP contribution is -2.45. The maximum atomic E-state index is 14.6. The summed E-state index contributed by atoms with van der Waals surface area (Å²) in [5.74, 6) is 2.47. The number of halogens is 2. The number of nitrogens with zero attached hydrogens (tertiary/aromatic N) is 2. The number of nitrogens with one attached hydrogen (secondary N) is 4. The molecular weight excluding hydrogens is 427 g/mol. The second-order valence-corrected chi connectivity index (χ2v) is 10.1. The van der Waals surface area contributed by atoms with Gasteiger partial charge < -0.3 is 26.2 Å². The molecule has 8 heteroatoms. The van der Waals surface area contributed by atoms with Crippen molar-refractivity contribution in [2.24, 2.45) is 16.8 Å². The fourth-order valence-electron chi connectivity index (χ4n) is 5.56. The van der Waals surface area contributed by atoms with Crippen LogP contribution in [0.4, 0.5) is 4.39 Å². The Hall–Kier alpha value is -1.99. The standard InChI is InChI=1S/C24H34ClFN6/c25-18-9-19-20(12-29-22(19)28-11-18)23-30-13-21(26)24(31-23)27-10-17-7-4-8-32(15-17)14-16-5-2-1-3-6-16/h9,11-12,16-17,22,27-28,30-31H,1-8,10,13-15H2/t17-,22?/m0/s1. The van der Waals surface area contributed by atoms with Crippen LogP contribution in [0.5, 0.6) is 0 Å². The van der Waals surface area contributed by atoms with Crippen molar-refractivity contribution in [3.63, 3.8) is 0 Å². The average molecular weight is 461 g/mol. The van der Waals surface area contributed by atoms with Gasteiger partial charge in [-0.15, -0.1) is 0 Å². The smallest absolute Gasteiger partial charge is 0.159 e. The third-order valence-electron chi connectivity index (χ3n) is 7.25. The summed E-state index contributed by atoms with van der Waals surface area (Å²) < 4.78 is 14.6. The van der Waals surface area contributed by atoms with E-state index in [2.05, 4.69) is 31.2 Å². The molecule has 1 aliphatic carbocycles. The maximum absolute atomic E-state index is 14.6. The molecule has 0 radical (unpaired) electrons. The highest BCUT2D eigenvalue weighted by Crippen LogP contribution is 2.29. The van der Waals surface area contributed by atoms with Crippen LogP contribution >= 0.6 is 11.6 Å². The Kier molecular flexibility index (Phi) is 6.74. The van der Waals surface area contributed by atoms with Gasteiger partial charge in [0.1, 0.15) is 17.8 Å². The first-order valence-electron chi connectivity index (χ1n) is 12.1. The molecule has 0 amide bonds. The highest BCUT2D eigenvalue weighted by molar-refractivity contribution is 6.31. The first-order chi connectivity index (χ1) is 15.7. The lowest BCUT2D eigenvalue weighted by Gasteiger charge is -2.36. The van der Waals surface area contributed by atoms with E-state index in [0.29, 0.717) is 16.8 Å². The van der Waals surface area contributed by atoms with Crippen LogP contribution in [0.25, 0.3) is 0 Å². The van der Waals surface area contributed by atoms with Gasteiger partial charge in [0.05, 0.1) is 11.6 Å². The SMILES string of the molecule is FC1=C(NC[C@@H]2CCCN(CC3CCCCC3)C2)NC(=C2C=NC3NC=C(Cl)C=C23)NC1. The fourth-order valence-corrected chi connectivity index (χ4v) is 5.74. The van der Waals surface area contributed by atoms with Gasteiger partial charge in [-0.05, 0) is 50.1 Å². The number of fused-ring (bicyclic) bond motifs is 1. The second-order valence-electron chi connectivity index (χ2n) is 9.68. The van der Waals surface area contributed by atoms with E-state index in [9.17, 15) is 4.39 Å². The van der Waals surface area contributed by atoms with Crippen molar-refractivity contribution in [3.8, 4) is 0 Å². The van der Waals surface area contributed by atoms with Gasteiger partial charge in [0.25, 0.3) is 0 Å². The molecule has 0 aromatic carbocycles. The van der Waals surface area contributed by atoms with E-state index in [1.807, 2.05) is 12.3 Å². The summed E-state index contributed by atoms with van der Waals surface area (Å²) in [4.78, 5) is 7.13. The van der Waals surface area contributed by atoms with Crippen molar-refractivity contribution < 1.29 is 4.39 Å². The van der Waals surface area contributed by atoms with Crippen LogP contribution in [-0.4, -0.2) is 50.0 Å². The summed E-state index contributed by atoms with van der Waals surface area (Å²) in [7, 11) is 0. The van der Waals surface area contributed by atoms with E-state index in [1.165, 1.54) is 58.0 Å². The number of aliphatic imine (C=N–C) groups is 1. The maximum Gasteiger partial charge on any atom is 0.159 e. The highest BCUT2D eigenvalue weighted by Gasteiger charge is 2.29. The molecule has 0 aromatic rings. The van der Waals surface area contributed by atoms with Crippen LogP contribution in [0.2, 0.25) is 0 Å². The molecule has 6 nitrogen and oxygen atoms in total. The molecule has 0 bridgehead atoms. The normalized spacial score (nSPS) is 31.3. The zero-order valence-corrected chi connectivity index (χ0v) is 19.4. The predicted octanol–water partition coefficient (Wildman–Crippen LogP) is 3.43. The Balaban J connectivity index is 1.18. The van der Waals surface area contributed by atoms with Crippen LogP contribution in [0.1, 0.15) is 44.9 Å². The molecule has 2 fully saturated rings. The summed E-state index contributed by atoms with van der Waals surface area (Å²) in [6.45, 7) is 4.52. The Morgan fingerprint density at radius 2 is 2.00 bits per heavy atom. The minimum absolute atomic E-state index is 0.131. The Labute approximate surface area is 195 Å². The third kappa shape index (κ3) is 4.99. The molecule has 1 saturated heterocycles. The molecule has 4 N–H and O–H groups in total. The minimum Gasteiger partial charge on any atom is -0.369 e. The predicted molar refractivity (Wildman–Crippen MR) is 127 cm³/mol. The van der Waals surface area contributed by atoms with Crippen molar-refractivity contribution in [1.82, 2.24) is 26.2 Å². The molecule has 4 heterocycles. The van der Waals surface area contributed by atoms with Gasteiger partial charge in [-0.25, -0.2) is 4.39 Å². The Bertz CT molecular complexity index is 870. The first kappa shape index (κ1) is 21.8. The van der Waals surface area contributed by atoms with Gasteiger partial charge in [-0.2, -0.15) is 0 Å². The molecule has 2 atom stereocenters. The summed E-state index contributed by atoms with van der Waals surface area (Å²) in [6.07, 6.45) is 14.8. The van der Waals surface area contributed by atoms with Crippen LogP contribution in [0, 0.1) is 11.8 Å². The molecule has 1 unspecified atom stereocenters. The number of likely N-dealkylation sites (tertiary alicyclic amines) is 1. The molecule has 32 heavy (non-hydrogen) atoms. The van der Waals surface area contributed by atoms with Gasteiger partial charge in [0, 0.05) is 43.2 Å². The molecular formula is C24H34ClFN6. The summed E-state index contributed by atoms with van der Waals surface area (Å²) in [6, 6.07) is 0. The van der Waals surface area contributed by atoms with Gasteiger partial charge in [0.15, 0.2) is 5.83 Å². The monoisotopic (exact) mass is 460 g/mol. The number of hydrogen-bond acceptors (Lipinski definition) is 6. The van der Waals surface area contributed by atoms with E-state index in [1.54, 1.807) is 6.20 Å². The van der Waals surface area contributed by atoms with Crippen molar-refractivity contribution in [1.29, 1.82) is 0 Å². The van der Waals surface area contributed by atoms with Crippen molar-refractivity contribution in [2.45, 2.75) is 51.1 Å². The molecule has 1 saturated carbocycles. The number of dihydropyridines is 1. The minimum atomic E-state index is -0.190. The van der Waals surface area contributed by atoms with Crippen molar-refractivity contribution in [2.75, 3.05) is 32.7 Å². The van der Waals surface area contributed by atoms with Crippen molar-refractivity contribution in [3.05, 3.63) is 45.9 Å². The van der Waals surface area contributed by atoms with Gasteiger partial charge in [-0.3, -0.25) is 4.99 Å². The van der Waals surface area contributed by atoms with E-state index in [0.717, 1.165) is 36.0 Å². The molecule has 5 rings (SSSR count). The number of rotatable bonds is 5. The largest absolute Gasteiger partial charge is 0.369 e. The molecule has 0 spiro atoms. The Morgan fingerprint density at radius 3 is 2.88 bits per heavy atom. The third-order valence-corrected chi connectivity index (χ3v) is 7.47. The average Bonchev–Trinajstić information content (AvgIpc) is 3.22. The van der Waals surface area contributed by atoms with Gasteiger partial charge in [0.2, 0.25) is 0 Å². The zero-order valence-electron chi connectivity index (χ0n) is 18.6. The van der Waals surface area contributed by atoms with Crippen LogP contribution in [0.3, 0.4) is 0 Å². The quantitative estimate of drug-likeness (QED) is 0.506. The topological polar surface area (TPSA) is 63.7 Å². The number of allylic oxidation sites excluding steroid dienone is 2. The molecule has 4 aliphatic heterocycles. The highest BCUT2D eigenvalue weighted by atomic mass is 35.5. The molecule has 174 valence electrons. The van der Waals surface area contributed by atoms with Crippen LogP contribution < -0.4 is 21.3 Å². The summed E-state index contributed by atoms with van der Waals surface area (Å²) in [5.41, 5.74) is 1.90. The fraction of sp³-hybridized carbons (Fsp3) is 0.625. The van der Waals surface area contributed by atoms with Gasteiger partial charge in [-0.1, -0.05) is 30.9 Å². The van der Waals surface area contributed by atoms with Crippen LogP contribution in [-0.2, 0) is 0 Å². The van der Waals surface area contributed by atoms with E-state index < -0.39 is 0 Å².